The number of nitrogens with zero attached hydrogens (tertiary/aromatic N) is 1. The Labute approximate surface area is 179 Å². The second kappa shape index (κ2) is 8.67. The van der Waals surface area contributed by atoms with E-state index in [1.807, 2.05) is 38.3 Å². The number of hydrogen-bond acceptors (Lipinski definition) is 5. The largest absolute Gasteiger partial charge is 0.365 e. The molecule has 0 spiro atoms. The van der Waals surface area contributed by atoms with E-state index < -0.39 is 11.3 Å². The minimum absolute atomic E-state index is 0.0746. The molecule has 1 aliphatic carbocycles. The van der Waals surface area contributed by atoms with Gasteiger partial charge in [0.1, 0.15) is 11.5 Å². The Morgan fingerprint density at radius 1 is 1.21 bits per heavy atom. The third kappa shape index (κ3) is 5.05. The predicted octanol–water partition coefficient (Wildman–Crippen LogP) is 3.80. The summed E-state index contributed by atoms with van der Waals surface area (Å²) in [5, 5.41) is 5.31. The van der Waals surface area contributed by atoms with Crippen LogP contribution >= 0.6 is 22.7 Å². The van der Waals surface area contributed by atoms with Crippen LogP contribution in [0.1, 0.15) is 59.3 Å². The van der Waals surface area contributed by atoms with Gasteiger partial charge in [0.05, 0.1) is 12.1 Å². The van der Waals surface area contributed by atoms with E-state index in [2.05, 4.69) is 5.32 Å². The van der Waals surface area contributed by atoms with Crippen molar-refractivity contribution >= 4 is 45.4 Å². The van der Waals surface area contributed by atoms with Gasteiger partial charge in [-0.15, -0.1) is 22.7 Å². The summed E-state index contributed by atoms with van der Waals surface area (Å²) < 4.78 is 0. The Morgan fingerprint density at radius 2 is 1.93 bits per heavy atom. The van der Waals surface area contributed by atoms with E-state index in [4.69, 9.17) is 5.73 Å². The van der Waals surface area contributed by atoms with Crippen LogP contribution in [0.4, 0.5) is 5.00 Å². The molecule has 6 nitrogen and oxygen atoms in total. The highest BCUT2D eigenvalue weighted by Crippen LogP contribution is 2.37. The second-order valence-corrected chi connectivity index (χ2v) is 10.5. The fourth-order valence-electron chi connectivity index (χ4n) is 3.52. The normalized spacial score (nSPS) is 13.6. The Morgan fingerprint density at radius 3 is 2.55 bits per heavy atom. The molecule has 3 N–H and O–H groups in total. The standard InChI is InChI=1S/C21H27N3O3S2/c1-21(2,3)20(27)24(11-13-7-6-10-28-13)12-16(25)23-19-17(18(22)26)14-8-4-5-9-15(14)29-19/h6-7,10H,4-5,8-9,11-12H2,1-3H3,(H2,22,26)(H,23,25). The first kappa shape index (κ1) is 21.5. The summed E-state index contributed by atoms with van der Waals surface area (Å²) in [5.41, 5.74) is 6.42. The van der Waals surface area contributed by atoms with E-state index in [-0.39, 0.29) is 18.4 Å². The van der Waals surface area contributed by atoms with Crippen LogP contribution in [0.3, 0.4) is 0 Å². The van der Waals surface area contributed by atoms with Crippen LogP contribution in [0.5, 0.6) is 0 Å². The van der Waals surface area contributed by atoms with E-state index in [0.717, 1.165) is 41.0 Å². The Balaban J connectivity index is 1.79. The number of rotatable bonds is 6. The van der Waals surface area contributed by atoms with Gasteiger partial charge in [-0.2, -0.15) is 0 Å². The van der Waals surface area contributed by atoms with Gasteiger partial charge in [0.25, 0.3) is 5.91 Å². The summed E-state index contributed by atoms with van der Waals surface area (Å²) in [6, 6.07) is 3.87. The molecule has 1 aliphatic rings. The van der Waals surface area contributed by atoms with Crippen molar-refractivity contribution in [3.05, 3.63) is 38.4 Å². The van der Waals surface area contributed by atoms with Gasteiger partial charge in [-0.05, 0) is 42.7 Å². The number of hydrogen-bond donors (Lipinski definition) is 2. The Bertz CT molecular complexity index is 910. The van der Waals surface area contributed by atoms with Gasteiger partial charge in [0.15, 0.2) is 0 Å². The van der Waals surface area contributed by atoms with Crippen LogP contribution in [0.25, 0.3) is 0 Å². The Hall–Kier alpha value is -2.19. The van der Waals surface area contributed by atoms with E-state index in [1.165, 1.54) is 11.3 Å². The molecule has 2 heterocycles. The number of amides is 3. The number of thiophene rings is 2. The zero-order chi connectivity index (χ0) is 21.2. The molecule has 0 saturated heterocycles. The number of carbonyl (C=O) groups is 3. The van der Waals surface area contributed by atoms with E-state index in [0.29, 0.717) is 17.1 Å². The van der Waals surface area contributed by atoms with Crippen molar-refractivity contribution in [2.24, 2.45) is 11.1 Å². The van der Waals surface area contributed by atoms with Gasteiger partial charge >= 0.3 is 0 Å². The number of carbonyl (C=O) groups excluding carboxylic acids is 3. The van der Waals surface area contributed by atoms with Crippen LogP contribution in [0, 0.1) is 5.41 Å². The van der Waals surface area contributed by atoms with Gasteiger partial charge in [-0.25, -0.2) is 0 Å². The van der Waals surface area contributed by atoms with Gasteiger partial charge in [-0.1, -0.05) is 26.8 Å². The monoisotopic (exact) mass is 433 g/mol. The van der Waals surface area contributed by atoms with Crippen molar-refractivity contribution in [3.63, 3.8) is 0 Å². The molecule has 8 heteroatoms. The first-order chi connectivity index (χ1) is 13.7. The number of primary amides is 1. The Kier molecular flexibility index (Phi) is 6.43. The van der Waals surface area contributed by atoms with Gasteiger partial charge in [0.2, 0.25) is 11.8 Å². The molecule has 2 aromatic rings. The summed E-state index contributed by atoms with van der Waals surface area (Å²) in [4.78, 5) is 41.4. The van der Waals surface area contributed by atoms with Crippen molar-refractivity contribution in [1.82, 2.24) is 4.90 Å². The molecule has 2 aromatic heterocycles. The first-order valence-electron chi connectivity index (χ1n) is 9.72. The van der Waals surface area contributed by atoms with Crippen molar-refractivity contribution in [2.75, 3.05) is 11.9 Å². The lowest BCUT2D eigenvalue weighted by molar-refractivity contribution is -0.142. The van der Waals surface area contributed by atoms with Gasteiger partial charge in [-0.3, -0.25) is 14.4 Å². The maximum Gasteiger partial charge on any atom is 0.251 e. The van der Waals surface area contributed by atoms with Crippen molar-refractivity contribution in [2.45, 2.75) is 53.0 Å². The highest BCUT2D eigenvalue weighted by atomic mass is 32.1. The molecule has 0 aliphatic heterocycles. The molecule has 0 saturated carbocycles. The van der Waals surface area contributed by atoms with Crippen molar-refractivity contribution < 1.29 is 14.4 Å². The quantitative estimate of drug-likeness (QED) is 0.726. The number of anilines is 1. The van der Waals surface area contributed by atoms with Crippen LogP contribution in [-0.2, 0) is 29.0 Å². The lowest BCUT2D eigenvalue weighted by Gasteiger charge is -2.28. The van der Waals surface area contributed by atoms with Gasteiger partial charge in [0, 0.05) is 15.2 Å². The SMILES string of the molecule is CC(C)(C)C(=O)N(CC(=O)Nc1sc2c(c1C(N)=O)CCCC2)Cc1cccs1. The summed E-state index contributed by atoms with van der Waals surface area (Å²) >= 11 is 2.98. The maximum atomic E-state index is 12.9. The number of fused-ring (bicyclic) bond motifs is 1. The third-order valence-corrected chi connectivity index (χ3v) is 6.93. The molecule has 0 aromatic carbocycles. The molecule has 29 heavy (non-hydrogen) atoms. The maximum absolute atomic E-state index is 12.9. The number of nitrogens with one attached hydrogen (secondary N) is 1. The average molecular weight is 434 g/mol. The first-order valence-corrected chi connectivity index (χ1v) is 11.4. The smallest absolute Gasteiger partial charge is 0.251 e. The van der Waals surface area contributed by atoms with E-state index >= 15 is 0 Å². The van der Waals surface area contributed by atoms with Crippen LogP contribution in [0.15, 0.2) is 17.5 Å². The minimum Gasteiger partial charge on any atom is -0.365 e. The zero-order valence-electron chi connectivity index (χ0n) is 17.0. The number of aryl methyl sites for hydroxylation is 1. The molecule has 156 valence electrons. The molecule has 0 fully saturated rings. The fourth-order valence-corrected chi connectivity index (χ4v) is 5.55. The molecule has 3 amide bonds. The fraction of sp³-hybridized carbons (Fsp3) is 0.476. The van der Waals surface area contributed by atoms with Crippen molar-refractivity contribution in [1.29, 1.82) is 0 Å². The summed E-state index contributed by atoms with van der Waals surface area (Å²) in [5.74, 6) is -0.928. The van der Waals surface area contributed by atoms with Crippen LogP contribution < -0.4 is 11.1 Å². The molecule has 0 radical (unpaired) electrons. The molecular weight excluding hydrogens is 406 g/mol. The third-order valence-electron chi connectivity index (χ3n) is 4.86. The average Bonchev–Trinajstić information content (AvgIpc) is 3.26. The second-order valence-electron chi connectivity index (χ2n) is 8.32. The summed E-state index contributed by atoms with van der Waals surface area (Å²) in [6.07, 6.45) is 3.82. The van der Waals surface area contributed by atoms with Crippen molar-refractivity contribution in [3.8, 4) is 0 Å². The molecule has 3 rings (SSSR count). The molecule has 0 atom stereocenters. The highest BCUT2D eigenvalue weighted by molar-refractivity contribution is 7.17. The lowest BCUT2D eigenvalue weighted by atomic mass is 9.94. The number of nitrogens with two attached hydrogens (primary N) is 1. The highest BCUT2D eigenvalue weighted by Gasteiger charge is 2.30. The van der Waals surface area contributed by atoms with Crippen LogP contribution in [0.2, 0.25) is 0 Å². The van der Waals surface area contributed by atoms with Crippen LogP contribution in [-0.4, -0.2) is 29.2 Å². The molecular formula is C21H27N3O3S2. The lowest BCUT2D eigenvalue weighted by Crippen LogP contribution is -2.43. The van der Waals surface area contributed by atoms with E-state index in [9.17, 15) is 14.4 Å². The van der Waals surface area contributed by atoms with E-state index in [1.54, 1.807) is 16.2 Å². The molecule has 0 bridgehead atoms. The molecule has 0 unspecified atom stereocenters. The predicted molar refractivity (Wildman–Crippen MR) is 117 cm³/mol. The zero-order valence-corrected chi connectivity index (χ0v) is 18.7. The topological polar surface area (TPSA) is 92.5 Å². The van der Waals surface area contributed by atoms with Gasteiger partial charge < -0.3 is 16.0 Å². The summed E-state index contributed by atoms with van der Waals surface area (Å²) in [7, 11) is 0. The minimum atomic E-state index is -0.599. The summed E-state index contributed by atoms with van der Waals surface area (Å²) in [6.45, 7) is 5.83.